The van der Waals surface area contributed by atoms with E-state index in [2.05, 4.69) is 16.0 Å². The van der Waals surface area contributed by atoms with Gasteiger partial charge in [-0.25, -0.2) is 4.79 Å². The maximum absolute atomic E-state index is 12.2. The summed E-state index contributed by atoms with van der Waals surface area (Å²) in [7, 11) is 0. The summed E-state index contributed by atoms with van der Waals surface area (Å²) in [5, 5.41) is 8.19. The zero-order chi connectivity index (χ0) is 20.6. The van der Waals surface area contributed by atoms with Gasteiger partial charge in [0.25, 0.3) is 5.91 Å². The zero-order valence-electron chi connectivity index (χ0n) is 16.4. The van der Waals surface area contributed by atoms with E-state index in [-0.39, 0.29) is 30.4 Å². The van der Waals surface area contributed by atoms with Crippen LogP contribution in [0.4, 0.5) is 4.79 Å². The Morgan fingerprint density at radius 2 is 1.79 bits per heavy atom. The molecule has 1 saturated heterocycles. The smallest absolute Gasteiger partial charge is 0.315 e. The van der Waals surface area contributed by atoms with Crippen molar-refractivity contribution in [3.05, 3.63) is 59.5 Å². The van der Waals surface area contributed by atoms with Gasteiger partial charge in [-0.05, 0) is 37.5 Å². The number of piperidine rings is 1. The number of furan rings is 1. The number of carbonyl (C=O) groups is 3. The fraction of sp³-hybridized carbons (Fsp3) is 0.381. The number of aryl methyl sites for hydroxylation is 1. The third-order valence-corrected chi connectivity index (χ3v) is 4.86. The van der Waals surface area contributed by atoms with Crippen LogP contribution in [0.3, 0.4) is 0 Å². The first-order chi connectivity index (χ1) is 14.0. The molecule has 0 saturated carbocycles. The summed E-state index contributed by atoms with van der Waals surface area (Å²) < 4.78 is 5.14. The summed E-state index contributed by atoms with van der Waals surface area (Å²) in [4.78, 5) is 37.9. The number of hydrogen-bond donors (Lipinski definition) is 3. The highest BCUT2D eigenvalue weighted by Gasteiger charge is 2.25. The van der Waals surface area contributed by atoms with E-state index >= 15 is 0 Å². The van der Waals surface area contributed by atoms with E-state index in [1.54, 1.807) is 17.0 Å². The Morgan fingerprint density at radius 1 is 1.07 bits per heavy atom. The average molecular weight is 398 g/mol. The lowest BCUT2D eigenvalue weighted by Gasteiger charge is -2.31. The fourth-order valence-corrected chi connectivity index (χ4v) is 3.17. The standard InChI is InChI=1S/C21H26N4O4/c1-15-4-6-16(7-5-15)13-22-21(28)23-14-19(26)24-17-8-10-25(11-9-17)20(27)18-3-2-12-29-18/h2-7,12,17H,8-11,13-14H2,1H3,(H,24,26)(H2,22,23,28). The van der Waals surface area contributed by atoms with Gasteiger partial charge in [0, 0.05) is 25.7 Å². The number of benzene rings is 1. The third kappa shape index (κ3) is 6.10. The number of urea groups is 1. The molecule has 2 aromatic rings. The lowest BCUT2D eigenvalue weighted by atomic mass is 10.0. The molecular weight excluding hydrogens is 372 g/mol. The summed E-state index contributed by atoms with van der Waals surface area (Å²) in [6.07, 6.45) is 2.81. The van der Waals surface area contributed by atoms with Crippen LogP contribution in [0.15, 0.2) is 47.1 Å². The number of rotatable bonds is 6. The monoisotopic (exact) mass is 398 g/mol. The molecule has 8 nitrogen and oxygen atoms in total. The minimum absolute atomic E-state index is 0.0134. The van der Waals surface area contributed by atoms with Crippen molar-refractivity contribution in [2.45, 2.75) is 32.4 Å². The highest BCUT2D eigenvalue weighted by atomic mass is 16.3. The first-order valence-corrected chi connectivity index (χ1v) is 9.70. The van der Waals surface area contributed by atoms with Crippen LogP contribution in [0.5, 0.6) is 0 Å². The molecule has 29 heavy (non-hydrogen) atoms. The highest BCUT2D eigenvalue weighted by Crippen LogP contribution is 2.14. The Bertz CT molecular complexity index is 825. The number of hydrogen-bond acceptors (Lipinski definition) is 4. The average Bonchev–Trinajstić information content (AvgIpc) is 3.27. The van der Waals surface area contributed by atoms with E-state index in [1.165, 1.54) is 6.26 Å². The van der Waals surface area contributed by atoms with Crippen molar-refractivity contribution >= 4 is 17.8 Å². The van der Waals surface area contributed by atoms with E-state index in [4.69, 9.17) is 4.42 Å². The molecule has 0 bridgehead atoms. The first-order valence-electron chi connectivity index (χ1n) is 9.70. The molecule has 0 atom stereocenters. The van der Waals surface area contributed by atoms with E-state index in [9.17, 15) is 14.4 Å². The molecule has 154 valence electrons. The molecular formula is C21H26N4O4. The number of amides is 4. The summed E-state index contributed by atoms with van der Waals surface area (Å²) in [5.41, 5.74) is 2.15. The van der Waals surface area contributed by atoms with Gasteiger partial charge in [-0.15, -0.1) is 0 Å². The number of likely N-dealkylation sites (tertiary alicyclic amines) is 1. The molecule has 2 heterocycles. The Kier molecular flexibility index (Phi) is 6.89. The van der Waals surface area contributed by atoms with Crippen LogP contribution in [0.1, 0.15) is 34.5 Å². The van der Waals surface area contributed by atoms with Crippen LogP contribution < -0.4 is 16.0 Å². The van der Waals surface area contributed by atoms with Crippen LogP contribution >= 0.6 is 0 Å². The van der Waals surface area contributed by atoms with Crippen molar-refractivity contribution in [3.63, 3.8) is 0 Å². The van der Waals surface area contributed by atoms with Gasteiger partial charge in [-0.2, -0.15) is 0 Å². The van der Waals surface area contributed by atoms with E-state index in [0.717, 1.165) is 11.1 Å². The van der Waals surface area contributed by atoms with E-state index in [0.29, 0.717) is 38.2 Å². The second-order valence-corrected chi connectivity index (χ2v) is 7.13. The second kappa shape index (κ2) is 9.77. The lowest BCUT2D eigenvalue weighted by Crippen LogP contribution is -2.49. The van der Waals surface area contributed by atoms with Crippen molar-refractivity contribution in [2.75, 3.05) is 19.6 Å². The van der Waals surface area contributed by atoms with Crippen molar-refractivity contribution in [3.8, 4) is 0 Å². The predicted octanol–water partition coefficient (Wildman–Crippen LogP) is 1.81. The van der Waals surface area contributed by atoms with Gasteiger partial charge in [0.15, 0.2) is 5.76 Å². The Morgan fingerprint density at radius 3 is 2.45 bits per heavy atom. The van der Waals surface area contributed by atoms with Gasteiger partial charge in [0.05, 0.1) is 12.8 Å². The maximum Gasteiger partial charge on any atom is 0.315 e. The summed E-state index contributed by atoms with van der Waals surface area (Å²) in [6.45, 7) is 3.41. The fourth-order valence-electron chi connectivity index (χ4n) is 3.17. The van der Waals surface area contributed by atoms with Gasteiger partial charge in [-0.3, -0.25) is 9.59 Å². The highest BCUT2D eigenvalue weighted by molar-refractivity contribution is 5.91. The molecule has 0 aliphatic carbocycles. The molecule has 0 unspecified atom stereocenters. The van der Waals surface area contributed by atoms with Crippen LogP contribution in [-0.2, 0) is 11.3 Å². The Hall–Kier alpha value is -3.29. The minimum Gasteiger partial charge on any atom is -0.459 e. The van der Waals surface area contributed by atoms with Gasteiger partial charge in [-0.1, -0.05) is 29.8 Å². The molecule has 1 aromatic heterocycles. The summed E-state index contributed by atoms with van der Waals surface area (Å²) >= 11 is 0. The number of nitrogens with zero attached hydrogens (tertiary/aromatic N) is 1. The molecule has 1 fully saturated rings. The minimum atomic E-state index is -0.389. The zero-order valence-corrected chi connectivity index (χ0v) is 16.4. The maximum atomic E-state index is 12.2. The van der Waals surface area contributed by atoms with Gasteiger partial charge >= 0.3 is 6.03 Å². The van der Waals surface area contributed by atoms with Gasteiger partial charge < -0.3 is 25.3 Å². The number of carbonyl (C=O) groups excluding carboxylic acids is 3. The SMILES string of the molecule is Cc1ccc(CNC(=O)NCC(=O)NC2CCN(C(=O)c3ccco3)CC2)cc1. The third-order valence-electron chi connectivity index (χ3n) is 4.86. The van der Waals surface area contributed by atoms with Crippen molar-refractivity contribution in [2.24, 2.45) is 0 Å². The summed E-state index contributed by atoms with van der Waals surface area (Å²) in [5.74, 6) is -0.0497. The van der Waals surface area contributed by atoms with Crippen molar-refractivity contribution < 1.29 is 18.8 Å². The molecule has 1 aliphatic rings. The molecule has 1 aliphatic heterocycles. The Balaban J connectivity index is 1.32. The van der Waals surface area contributed by atoms with Crippen LogP contribution in [0, 0.1) is 6.92 Å². The molecule has 8 heteroatoms. The molecule has 3 rings (SSSR count). The molecule has 3 N–H and O–H groups in total. The Labute approximate surface area is 169 Å². The largest absolute Gasteiger partial charge is 0.459 e. The van der Waals surface area contributed by atoms with Gasteiger partial charge in [0.2, 0.25) is 5.91 Å². The van der Waals surface area contributed by atoms with Crippen LogP contribution in [-0.4, -0.2) is 48.4 Å². The second-order valence-electron chi connectivity index (χ2n) is 7.13. The quantitative estimate of drug-likeness (QED) is 0.690. The van der Waals surface area contributed by atoms with Crippen molar-refractivity contribution in [1.29, 1.82) is 0 Å². The molecule has 4 amide bonds. The van der Waals surface area contributed by atoms with Crippen LogP contribution in [0.2, 0.25) is 0 Å². The summed E-state index contributed by atoms with van der Waals surface area (Å²) in [6, 6.07) is 10.8. The van der Waals surface area contributed by atoms with E-state index in [1.807, 2.05) is 31.2 Å². The molecule has 0 spiro atoms. The van der Waals surface area contributed by atoms with Crippen molar-refractivity contribution in [1.82, 2.24) is 20.9 Å². The predicted molar refractivity (Wildman–Crippen MR) is 107 cm³/mol. The molecule has 0 radical (unpaired) electrons. The normalized spacial score (nSPS) is 14.3. The topological polar surface area (TPSA) is 104 Å². The van der Waals surface area contributed by atoms with Crippen LogP contribution in [0.25, 0.3) is 0 Å². The van der Waals surface area contributed by atoms with E-state index < -0.39 is 0 Å². The van der Waals surface area contributed by atoms with Gasteiger partial charge in [0.1, 0.15) is 0 Å². The molecule has 1 aromatic carbocycles. The lowest BCUT2D eigenvalue weighted by molar-refractivity contribution is -0.121. The number of nitrogens with one attached hydrogen (secondary N) is 3. The first kappa shape index (κ1) is 20.4.